The summed E-state index contributed by atoms with van der Waals surface area (Å²) in [5.74, 6) is 0.0839. The Hall–Kier alpha value is -1.63. The molecule has 1 rings (SSSR count). The Kier molecular flexibility index (Phi) is 7.48. The van der Waals surface area contributed by atoms with Crippen LogP contribution in [0.15, 0.2) is 27.7 Å². The minimum absolute atomic E-state index is 0.114. The molecule has 0 fully saturated rings. The van der Waals surface area contributed by atoms with Crippen LogP contribution in [0.2, 0.25) is 0 Å². The zero-order valence-electron chi connectivity index (χ0n) is 14.0. The molecule has 1 aromatic rings. The molecule has 23 heavy (non-hydrogen) atoms. The van der Waals surface area contributed by atoms with Crippen LogP contribution in [0.4, 0.5) is 4.39 Å². The first-order valence-electron chi connectivity index (χ1n) is 7.48. The van der Waals surface area contributed by atoms with Crippen LogP contribution in [-0.2, 0) is 11.3 Å². The Morgan fingerprint density at radius 3 is 2.52 bits per heavy atom. The number of benzene rings is 1. The topological polar surface area (TPSA) is 65.5 Å². The number of halogens is 2. The molecule has 0 saturated heterocycles. The lowest BCUT2D eigenvalue weighted by Gasteiger charge is -2.21. The summed E-state index contributed by atoms with van der Waals surface area (Å²) in [5.41, 5.74) is 0.468. The second-order valence-electron chi connectivity index (χ2n) is 6.12. The van der Waals surface area contributed by atoms with Gasteiger partial charge in [-0.05, 0) is 51.5 Å². The molecule has 1 aromatic carbocycles. The number of aliphatic imine (C=N–C) groups is 1. The summed E-state index contributed by atoms with van der Waals surface area (Å²) in [6.07, 6.45) is 0. The van der Waals surface area contributed by atoms with E-state index in [4.69, 9.17) is 0 Å². The first-order chi connectivity index (χ1) is 10.7. The van der Waals surface area contributed by atoms with E-state index in [9.17, 15) is 9.18 Å². The van der Waals surface area contributed by atoms with Crippen LogP contribution in [0, 0.1) is 5.82 Å². The van der Waals surface area contributed by atoms with Gasteiger partial charge in [0.2, 0.25) is 5.91 Å². The minimum atomic E-state index is -0.313. The van der Waals surface area contributed by atoms with Crippen LogP contribution in [0.3, 0.4) is 0 Å². The fourth-order valence-electron chi connectivity index (χ4n) is 1.84. The van der Waals surface area contributed by atoms with Gasteiger partial charge in [-0.2, -0.15) is 0 Å². The second kappa shape index (κ2) is 8.86. The summed E-state index contributed by atoms with van der Waals surface area (Å²) in [6, 6.07) is 4.64. The van der Waals surface area contributed by atoms with Gasteiger partial charge in [-0.25, -0.2) is 9.38 Å². The van der Waals surface area contributed by atoms with E-state index in [1.807, 2.05) is 33.8 Å². The van der Waals surface area contributed by atoms with Crippen LogP contribution in [0.1, 0.15) is 33.3 Å². The van der Waals surface area contributed by atoms with Crippen molar-refractivity contribution in [1.82, 2.24) is 16.0 Å². The molecular formula is C16H24BrFN4O. The molecule has 0 spiro atoms. The smallest absolute Gasteiger partial charge is 0.239 e. The lowest BCUT2D eigenvalue weighted by atomic mass is 10.1. The van der Waals surface area contributed by atoms with Gasteiger partial charge < -0.3 is 16.0 Å². The van der Waals surface area contributed by atoms with E-state index in [1.165, 1.54) is 12.1 Å². The van der Waals surface area contributed by atoms with Crippen molar-refractivity contribution in [3.63, 3.8) is 0 Å². The van der Waals surface area contributed by atoms with Crippen molar-refractivity contribution in [2.75, 3.05) is 13.1 Å². The molecule has 5 nitrogen and oxygen atoms in total. The number of guanidine groups is 1. The fourth-order valence-corrected chi connectivity index (χ4v) is 2.35. The number of amides is 1. The van der Waals surface area contributed by atoms with Crippen molar-refractivity contribution in [2.24, 2.45) is 4.99 Å². The normalized spacial score (nSPS) is 12.0. The van der Waals surface area contributed by atoms with E-state index < -0.39 is 0 Å². The van der Waals surface area contributed by atoms with Crippen LogP contribution in [-0.4, -0.2) is 30.5 Å². The molecular weight excluding hydrogens is 363 g/mol. The summed E-state index contributed by atoms with van der Waals surface area (Å²) in [7, 11) is 0. The SMILES string of the molecule is CCNC(=NCc1cc(F)cc(Br)c1)NCC(=O)NC(C)(C)C. The van der Waals surface area contributed by atoms with Crippen LogP contribution < -0.4 is 16.0 Å². The maximum absolute atomic E-state index is 13.3. The number of carbonyl (C=O) groups excluding carboxylic acids is 1. The van der Waals surface area contributed by atoms with Crippen LogP contribution in [0.5, 0.6) is 0 Å². The monoisotopic (exact) mass is 386 g/mol. The Morgan fingerprint density at radius 1 is 1.26 bits per heavy atom. The van der Waals surface area contributed by atoms with Gasteiger partial charge in [0.25, 0.3) is 0 Å². The molecule has 0 aromatic heterocycles. The van der Waals surface area contributed by atoms with Gasteiger partial charge in [0.1, 0.15) is 5.82 Å². The van der Waals surface area contributed by atoms with Crippen molar-refractivity contribution >= 4 is 27.8 Å². The van der Waals surface area contributed by atoms with Crippen molar-refractivity contribution in [1.29, 1.82) is 0 Å². The Labute approximate surface area is 145 Å². The number of rotatable bonds is 5. The molecule has 3 N–H and O–H groups in total. The molecule has 0 saturated carbocycles. The first-order valence-corrected chi connectivity index (χ1v) is 8.27. The Balaban J connectivity index is 2.64. The lowest BCUT2D eigenvalue weighted by Crippen LogP contribution is -2.48. The maximum atomic E-state index is 13.3. The molecule has 0 atom stereocenters. The summed E-state index contributed by atoms with van der Waals surface area (Å²) >= 11 is 3.26. The molecule has 0 aliphatic heterocycles. The summed E-state index contributed by atoms with van der Waals surface area (Å²) in [4.78, 5) is 16.2. The number of nitrogens with zero attached hydrogens (tertiary/aromatic N) is 1. The lowest BCUT2D eigenvalue weighted by molar-refractivity contribution is -0.121. The minimum Gasteiger partial charge on any atom is -0.357 e. The Morgan fingerprint density at radius 2 is 1.96 bits per heavy atom. The molecule has 7 heteroatoms. The van der Waals surface area contributed by atoms with Crippen molar-refractivity contribution in [3.05, 3.63) is 34.1 Å². The largest absolute Gasteiger partial charge is 0.357 e. The first kappa shape index (κ1) is 19.4. The molecule has 0 bridgehead atoms. The van der Waals surface area contributed by atoms with E-state index in [0.29, 0.717) is 23.5 Å². The molecule has 0 radical (unpaired) electrons. The van der Waals surface area contributed by atoms with Gasteiger partial charge in [-0.15, -0.1) is 0 Å². The van der Waals surface area contributed by atoms with E-state index >= 15 is 0 Å². The van der Waals surface area contributed by atoms with Gasteiger partial charge in [0.15, 0.2) is 5.96 Å². The third-order valence-electron chi connectivity index (χ3n) is 2.62. The van der Waals surface area contributed by atoms with Crippen molar-refractivity contribution < 1.29 is 9.18 Å². The summed E-state index contributed by atoms with van der Waals surface area (Å²) in [6.45, 7) is 8.80. The molecule has 0 unspecified atom stereocenters. The number of hydrogen-bond acceptors (Lipinski definition) is 2. The molecule has 1 amide bonds. The molecule has 0 aliphatic carbocycles. The third-order valence-corrected chi connectivity index (χ3v) is 3.07. The average molecular weight is 387 g/mol. The zero-order valence-corrected chi connectivity index (χ0v) is 15.6. The number of hydrogen-bond donors (Lipinski definition) is 3. The van der Waals surface area contributed by atoms with Crippen molar-refractivity contribution in [2.45, 2.75) is 39.8 Å². The predicted molar refractivity (Wildman–Crippen MR) is 94.8 cm³/mol. The highest BCUT2D eigenvalue weighted by Gasteiger charge is 2.13. The second-order valence-corrected chi connectivity index (χ2v) is 7.04. The summed E-state index contributed by atoms with van der Waals surface area (Å²) < 4.78 is 14.0. The molecule has 0 heterocycles. The van der Waals surface area contributed by atoms with Gasteiger partial charge in [0.05, 0.1) is 13.1 Å². The van der Waals surface area contributed by atoms with Gasteiger partial charge in [0, 0.05) is 16.6 Å². The van der Waals surface area contributed by atoms with Crippen molar-refractivity contribution in [3.8, 4) is 0 Å². The van der Waals surface area contributed by atoms with Gasteiger partial charge >= 0.3 is 0 Å². The molecule has 0 aliphatic rings. The predicted octanol–water partition coefficient (Wildman–Crippen LogP) is 2.56. The highest BCUT2D eigenvalue weighted by molar-refractivity contribution is 9.10. The fraction of sp³-hybridized carbons (Fsp3) is 0.500. The quantitative estimate of drug-likeness (QED) is 0.538. The maximum Gasteiger partial charge on any atom is 0.239 e. The van der Waals surface area contributed by atoms with Crippen LogP contribution >= 0.6 is 15.9 Å². The molecule has 128 valence electrons. The standard InChI is InChI=1S/C16H24BrFN4O/c1-5-19-15(21-10-14(23)22-16(2,3)4)20-9-11-6-12(17)8-13(18)7-11/h6-8H,5,9-10H2,1-4H3,(H,22,23)(H2,19,20,21). The highest BCUT2D eigenvalue weighted by Crippen LogP contribution is 2.15. The zero-order chi connectivity index (χ0) is 17.5. The van der Waals surface area contributed by atoms with E-state index in [-0.39, 0.29) is 23.8 Å². The number of nitrogens with one attached hydrogen (secondary N) is 3. The van der Waals surface area contributed by atoms with Crippen LogP contribution in [0.25, 0.3) is 0 Å². The summed E-state index contributed by atoms with van der Waals surface area (Å²) in [5, 5.41) is 8.88. The van der Waals surface area contributed by atoms with Gasteiger partial charge in [-0.3, -0.25) is 4.79 Å². The van der Waals surface area contributed by atoms with E-state index in [2.05, 4.69) is 36.9 Å². The van der Waals surface area contributed by atoms with E-state index in [0.717, 1.165) is 5.56 Å². The van der Waals surface area contributed by atoms with E-state index in [1.54, 1.807) is 0 Å². The van der Waals surface area contributed by atoms with Gasteiger partial charge in [-0.1, -0.05) is 15.9 Å². The highest BCUT2D eigenvalue weighted by atomic mass is 79.9. The number of carbonyl (C=O) groups is 1. The third kappa shape index (κ3) is 8.54. The Bertz CT molecular complexity index is 549. The average Bonchev–Trinajstić information content (AvgIpc) is 2.39.